The van der Waals surface area contributed by atoms with Gasteiger partial charge in [0.1, 0.15) is 17.7 Å². The second-order valence-electron chi connectivity index (χ2n) is 5.59. The number of carbonyl (C=O) groups excluding carboxylic acids is 2. The van der Waals surface area contributed by atoms with E-state index in [4.69, 9.17) is 4.74 Å². The standard InChI is InChI=1S/C18H19FO3/c1-10(9-11(2)20)18-17(14-5-7-15(19)8-6-14)16(12(3)21)13(4)22-18/h5-9,17-18H,1-4H3/b10-9-/t17-,18+/m1/s1. The van der Waals surface area contributed by atoms with Crippen molar-refractivity contribution in [1.29, 1.82) is 0 Å². The monoisotopic (exact) mass is 302 g/mol. The van der Waals surface area contributed by atoms with Crippen LogP contribution in [-0.4, -0.2) is 17.7 Å². The quantitative estimate of drug-likeness (QED) is 0.796. The van der Waals surface area contributed by atoms with E-state index in [9.17, 15) is 14.0 Å². The highest BCUT2D eigenvalue weighted by Gasteiger charge is 2.39. The SMILES string of the molecule is CC(=O)/C=C(/C)[C@@H]1OC(C)=C(C(C)=O)[C@H]1c1ccc(F)cc1. The fourth-order valence-corrected chi connectivity index (χ4v) is 2.93. The fraction of sp³-hybridized carbons (Fsp3) is 0.333. The molecule has 0 N–H and O–H groups in total. The van der Waals surface area contributed by atoms with Crippen molar-refractivity contribution >= 4 is 11.6 Å². The lowest BCUT2D eigenvalue weighted by molar-refractivity contribution is -0.114. The van der Waals surface area contributed by atoms with Crippen LogP contribution in [0.3, 0.4) is 0 Å². The van der Waals surface area contributed by atoms with E-state index in [-0.39, 0.29) is 23.3 Å². The largest absolute Gasteiger partial charge is 0.489 e. The van der Waals surface area contributed by atoms with Gasteiger partial charge in [-0.3, -0.25) is 9.59 Å². The summed E-state index contributed by atoms with van der Waals surface area (Å²) in [6.07, 6.45) is 1.09. The van der Waals surface area contributed by atoms with E-state index in [1.54, 1.807) is 26.0 Å². The van der Waals surface area contributed by atoms with Gasteiger partial charge in [0.2, 0.25) is 0 Å². The first-order valence-electron chi connectivity index (χ1n) is 7.14. The Bertz CT molecular complexity index is 668. The number of hydrogen-bond acceptors (Lipinski definition) is 3. The molecule has 0 saturated heterocycles. The zero-order chi connectivity index (χ0) is 16.4. The number of Topliss-reactive ketones (excluding diaryl/α,β-unsaturated/α-hetero) is 1. The van der Waals surface area contributed by atoms with E-state index in [0.717, 1.165) is 11.1 Å². The highest BCUT2D eigenvalue weighted by atomic mass is 19.1. The molecule has 1 aliphatic rings. The van der Waals surface area contributed by atoms with E-state index >= 15 is 0 Å². The molecule has 0 spiro atoms. The van der Waals surface area contributed by atoms with Gasteiger partial charge in [0, 0.05) is 5.57 Å². The lowest BCUT2D eigenvalue weighted by Crippen LogP contribution is -2.21. The smallest absolute Gasteiger partial charge is 0.159 e. The second kappa shape index (κ2) is 6.26. The molecule has 1 aliphatic heterocycles. The van der Waals surface area contributed by atoms with Gasteiger partial charge in [-0.15, -0.1) is 0 Å². The number of ether oxygens (including phenoxy) is 1. The van der Waals surface area contributed by atoms with E-state index in [1.807, 2.05) is 0 Å². The molecule has 0 saturated carbocycles. The maximum atomic E-state index is 13.2. The zero-order valence-corrected chi connectivity index (χ0v) is 13.1. The lowest BCUT2D eigenvalue weighted by Gasteiger charge is -2.22. The zero-order valence-electron chi connectivity index (χ0n) is 13.1. The van der Waals surface area contributed by atoms with Crippen LogP contribution in [0.4, 0.5) is 4.39 Å². The summed E-state index contributed by atoms with van der Waals surface area (Å²) in [4.78, 5) is 23.3. The minimum Gasteiger partial charge on any atom is -0.489 e. The molecule has 2 rings (SSSR count). The average molecular weight is 302 g/mol. The van der Waals surface area contributed by atoms with Crippen LogP contribution >= 0.6 is 0 Å². The molecular formula is C18H19FO3. The molecule has 0 unspecified atom stereocenters. The summed E-state index contributed by atoms with van der Waals surface area (Å²) >= 11 is 0. The minimum absolute atomic E-state index is 0.0760. The predicted molar refractivity (Wildman–Crippen MR) is 81.8 cm³/mol. The van der Waals surface area contributed by atoms with Crippen LogP contribution in [0.1, 0.15) is 39.2 Å². The van der Waals surface area contributed by atoms with Gasteiger partial charge in [-0.2, -0.15) is 0 Å². The molecule has 0 amide bonds. The van der Waals surface area contributed by atoms with Crippen LogP contribution in [-0.2, 0) is 14.3 Å². The topological polar surface area (TPSA) is 43.4 Å². The Morgan fingerprint density at radius 3 is 2.23 bits per heavy atom. The number of hydrogen-bond donors (Lipinski definition) is 0. The molecule has 22 heavy (non-hydrogen) atoms. The first-order chi connectivity index (χ1) is 10.3. The summed E-state index contributed by atoms with van der Waals surface area (Å²) in [5.41, 5.74) is 2.12. The lowest BCUT2D eigenvalue weighted by atomic mass is 9.83. The summed E-state index contributed by atoms with van der Waals surface area (Å²) in [7, 11) is 0. The Morgan fingerprint density at radius 2 is 1.73 bits per heavy atom. The summed E-state index contributed by atoms with van der Waals surface area (Å²) < 4.78 is 19.0. The first-order valence-corrected chi connectivity index (χ1v) is 7.14. The van der Waals surface area contributed by atoms with Crippen LogP contribution in [0.2, 0.25) is 0 Å². The Hall–Kier alpha value is -2.23. The van der Waals surface area contributed by atoms with E-state index < -0.39 is 6.10 Å². The van der Waals surface area contributed by atoms with E-state index in [0.29, 0.717) is 11.3 Å². The molecule has 1 aromatic carbocycles. The van der Waals surface area contributed by atoms with Crippen LogP contribution < -0.4 is 0 Å². The van der Waals surface area contributed by atoms with Gasteiger partial charge in [-0.25, -0.2) is 4.39 Å². The van der Waals surface area contributed by atoms with E-state index in [2.05, 4.69) is 0 Å². The maximum absolute atomic E-state index is 13.2. The number of ketones is 2. The molecule has 4 heteroatoms. The summed E-state index contributed by atoms with van der Waals surface area (Å²) in [6, 6.07) is 6.03. The molecule has 1 aromatic rings. The fourth-order valence-electron chi connectivity index (χ4n) is 2.93. The van der Waals surface area contributed by atoms with Crippen LogP contribution in [0.5, 0.6) is 0 Å². The number of rotatable bonds is 4. The Balaban J connectivity index is 2.51. The van der Waals surface area contributed by atoms with Gasteiger partial charge >= 0.3 is 0 Å². The molecular weight excluding hydrogens is 283 g/mol. The maximum Gasteiger partial charge on any atom is 0.159 e. The van der Waals surface area contributed by atoms with Gasteiger partial charge in [-0.1, -0.05) is 12.1 Å². The van der Waals surface area contributed by atoms with Crippen LogP contribution in [0, 0.1) is 5.82 Å². The molecule has 0 aromatic heterocycles. The van der Waals surface area contributed by atoms with Gasteiger partial charge in [0.15, 0.2) is 11.6 Å². The number of carbonyl (C=O) groups is 2. The molecule has 1 heterocycles. The molecule has 2 atom stereocenters. The van der Waals surface area contributed by atoms with Crippen molar-refractivity contribution in [3.05, 3.63) is 58.6 Å². The van der Waals surface area contributed by atoms with Gasteiger partial charge < -0.3 is 4.74 Å². The normalized spacial score (nSPS) is 21.8. The van der Waals surface area contributed by atoms with Gasteiger partial charge in [0.05, 0.1) is 5.92 Å². The number of allylic oxidation sites excluding steroid dienone is 2. The van der Waals surface area contributed by atoms with E-state index in [1.165, 1.54) is 32.1 Å². The second-order valence-corrected chi connectivity index (χ2v) is 5.59. The summed E-state index contributed by atoms with van der Waals surface area (Å²) in [5.74, 6) is -0.255. The highest BCUT2D eigenvalue weighted by molar-refractivity contribution is 5.96. The van der Waals surface area contributed by atoms with Crippen molar-refractivity contribution in [3.63, 3.8) is 0 Å². The van der Waals surface area contributed by atoms with Crippen molar-refractivity contribution in [1.82, 2.24) is 0 Å². The minimum atomic E-state index is -0.423. The third kappa shape index (κ3) is 3.16. The van der Waals surface area contributed by atoms with Gasteiger partial charge in [-0.05, 0) is 57.0 Å². The van der Waals surface area contributed by atoms with Crippen molar-refractivity contribution in [2.45, 2.75) is 39.7 Å². The molecule has 3 nitrogen and oxygen atoms in total. The molecule has 0 aliphatic carbocycles. The summed E-state index contributed by atoms with van der Waals surface area (Å²) in [5, 5.41) is 0. The highest BCUT2D eigenvalue weighted by Crippen LogP contribution is 2.42. The van der Waals surface area contributed by atoms with Crippen molar-refractivity contribution < 1.29 is 18.7 Å². The third-order valence-corrected chi connectivity index (χ3v) is 3.78. The van der Waals surface area contributed by atoms with Crippen molar-refractivity contribution in [3.8, 4) is 0 Å². The predicted octanol–water partition coefficient (Wildman–Crippen LogP) is 3.71. The molecule has 0 fully saturated rings. The first kappa shape index (κ1) is 16.1. The van der Waals surface area contributed by atoms with Crippen LogP contribution in [0.15, 0.2) is 47.2 Å². The molecule has 0 bridgehead atoms. The summed E-state index contributed by atoms with van der Waals surface area (Å²) in [6.45, 7) is 6.51. The Morgan fingerprint density at radius 1 is 1.14 bits per heavy atom. The Kier molecular flexibility index (Phi) is 4.59. The van der Waals surface area contributed by atoms with Gasteiger partial charge in [0.25, 0.3) is 0 Å². The third-order valence-electron chi connectivity index (χ3n) is 3.78. The Labute approximate surface area is 129 Å². The molecule has 0 radical (unpaired) electrons. The number of benzene rings is 1. The van der Waals surface area contributed by atoms with Crippen molar-refractivity contribution in [2.75, 3.05) is 0 Å². The van der Waals surface area contributed by atoms with Crippen LogP contribution in [0.25, 0.3) is 0 Å². The number of halogens is 1. The van der Waals surface area contributed by atoms with Crippen molar-refractivity contribution in [2.24, 2.45) is 0 Å². The molecule has 116 valence electrons. The average Bonchev–Trinajstić information content (AvgIpc) is 2.76.